The van der Waals surface area contributed by atoms with Crippen molar-refractivity contribution in [3.63, 3.8) is 0 Å². The maximum atomic E-state index is 12.9. The molecule has 2 aromatic heterocycles. The van der Waals surface area contributed by atoms with Crippen molar-refractivity contribution < 1.29 is 4.79 Å². The molecule has 1 aromatic carbocycles. The number of nitrogens with zero attached hydrogens (tertiary/aromatic N) is 4. The molecule has 0 radical (unpaired) electrons. The molecule has 1 fully saturated rings. The standard InChI is InChI=1S/C21H26N6O3/c1-12-6-7-14-15(9-12)24-19(23-14)13-5-4-8-27(10-13)11-16(28)17-18(22)25(2)21(30)26(3)20(17)29/h6-7,9,13H,4-5,8,10-11,22H2,1-3H3,(H,23,24)/t13-/m0/s1. The van der Waals surface area contributed by atoms with E-state index in [0.717, 1.165) is 45.4 Å². The Kier molecular flexibility index (Phi) is 5.07. The molecule has 0 unspecified atom stereocenters. The number of nitrogen functional groups attached to an aromatic ring is 1. The van der Waals surface area contributed by atoms with Crippen LogP contribution in [0.1, 0.15) is 40.5 Å². The van der Waals surface area contributed by atoms with Gasteiger partial charge in [0.25, 0.3) is 5.56 Å². The first-order valence-electron chi connectivity index (χ1n) is 10.0. The SMILES string of the molecule is Cc1ccc2nc([C@H]3CCCN(CC(=O)c4c(N)n(C)c(=O)n(C)c4=O)C3)[nH]c2c1. The predicted octanol–water partition coefficient (Wildman–Crippen LogP) is 0.913. The molecular formula is C21H26N6O3. The fourth-order valence-electron chi connectivity index (χ4n) is 4.16. The lowest BCUT2D eigenvalue weighted by Crippen LogP contribution is -2.44. The van der Waals surface area contributed by atoms with Crippen molar-refractivity contribution in [3.05, 3.63) is 56.0 Å². The zero-order chi connectivity index (χ0) is 21.6. The van der Waals surface area contributed by atoms with Gasteiger partial charge >= 0.3 is 5.69 Å². The fourth-order valence-corrected chi connectivity index (χ4v) is 4.16. The summed E-state index contributed by atoms with van der Waals surface area (Å²) in [7, 11) is 2.80. The number of Topliss-reactive ketones (excluding diaryl/α,β-unsaturated/α-hetero) is 1. The number of carbonyl (C=O) groups excluding carboxylic acids is 1. The first kappa shape index (κ1) is 20.1. The van der Waals surface area contributed by atoms with Crippen molar-refractivity contribution >= 4 is 22.6 Å². The van der Waals surface area contributed by atoms with Gasteiger partial charge in [-0.15, -0.1) is 0 Å². The molecule has 158 valence electrons. The zero-order valence-electron chi connectivity index (χ0n) is 17.4. The highest BCUT2D eigenvalue weighted by molar-refractivity contribution is 6.01. The minimum Gasteiger partial charge on any atom is -0.384 e. The number of likely N-dealkylation sites (tertiary alicyclic amines) is 1. The Hall–Kier alpha value is -3.20. The quantitative estimate of drug-likeness (QED) is 0.617. The van der Waals surface area contributed by atoms with Crippen LogP contribution in [0.2, 0.25) is 0 Å². The van der Waals surface area contributed by atoms with Gasteiger partial charge in [-0.3, -0.25) is 23.6 Å². The van der Waals surface area contributed by atoms with E-state index in [1.165, 1.54) is 19.7 Å². The van der Waals surface area contributed by atoms with Crippen LogP contribution < -0.4 is 17.0 Å². The van der Waals surface area contributed by atoms with Crippen LogP contribution in [0.4, 0.5) is 5.82 Å². The van der Waals surface area contributed by atoms with Crippen LogP contribution in [0.25, 0.3) is 11.0 Å². The molecule has 9 nitrogen and oxygen atoms in total. The van der Waals surface area contributed by atoms with E-state index in [0.29, 0.717) is 6.54 Å². The number of H-pyrrole nitrogens is 1. The second kappa shape index (κ2) is 7.56. The van der Waals surface area contributed by atoms with Crippen LogP contribution in [0.5, 0.6) is 0 Å². The van der Waals surface area contributed by atoms with E-state index in [-0.39, 0.29) is 29.6 Å². The summed E-state index contributed by atoms with van der Waals surface area (Å²) in [5.74, 6) is 0.642. The van der Waals surface area contributed by atoms with Crippen LogP contribution in [0, 0.1) is 6.92 Å². The van der Waals surface area contributed by atoms with E-state index < -0.39 is 11.2 Å². The number of nitrogens with one attached hydrogen (secondary N) is 1. The molecule has 1 saturated heterocycles. The molecule has 9 heteroatoms. The lowest BCUT2D eigenvalue weighted by molar-refractivity contribution is 0.0903. The second-order valence-electron chi connectivity index (χ2n) is 8.11. The fraction of sp³-hybridized carbons (Fsp3) is 0.429. The lowest BCUT2D eigenvalue weighted by Gasteiger charge is -2.31. The number of piperidine rings is 1. The summed E-state index contributed by atoms with van der Waals surface area (Å²) >= 11 is 0. The van der Waals surface area contributed by atoms with Crippen molar-refractivity contribution in [3.8, 4) is 0 Å². The Bertz CT molecular complexity index is 1250. The van der Waals surface area contributed by atoms with Crippen LogP contribution in [0.15, 0.2) is 27.8 Å². The zero-order valence-corrected chi connectivity index (χ0v) is 17.4. The minimum atomic E-state index is -0.651. The molecule has 0 aliphatic carbocycles. The molecule has 3 heterocycles. The number of imidazole rings is 1. The maximum absolute atomic E-state index is 12.9. The van der Waals surface area contributed by atoms with Crippen molar-refractivity contribution in [1.82, 2.24) is 24.0 Å². The highest BCUT2D eigenvalue weighted by Crippen LogP contribution is 2.27. The Labute approximate surface area is 173 Å². The third kappa shape index (κ3) is 3.45. The van der Waals surface area contributed by atoms with Gasteiger partial charge in [-0.1, -0.05) is 6.07 Å². The Morgan fingerprint density at radius 2 is 2.03 bits per heavy atom. The molecule has 3 N–H and O–H groups in total. The van der Waals surface area contributed by atoms with Gasteiger partial charge in [-0.2, -0.15) is 0 Å². The molecule has 1 aliphatic heterocycles. The van der Waals surface area contributed by atoms with Crippen molar-refractivity contribution in [2.75, 3.05) is 25.4 Å². The third-order valence-electron chi connectivity index (χ3n) is 5.90. The molecular weight excluding hydrogens is 384 g/mol. The number of hydrogen-bond acceptors (Lipinski definition) is 6. The highest BCUT2D eigenvalue weighted by Gasteiger charge is 2.27. The van der Waals surface area contributed by atoms with Crippen molar-refractivity contribution in [2.24, 2.45) is 14.1 Å². The average Bonchev–Trinajstić information content (AvgIpc) is 3.14. The number of rotatable bonds is 4. The van der Waals surface area contributed by atoms with Crippen LogP contribution >= 0.6 is 0 Å². The van der Waals surface area contributed by atoms with Gasteiger partial charge in [0.15, 0.2) is 5.78 Å². The van der Waals surface area contributed by atoms with E-state index in [1.54, 1.807) is 0 Å². The Balaban J connectivity index is 1.55. The smallest absolute Gasteiger partial charge is 0.332 e. The highest BCUT2D eigenvalue weighted by atomic mass is 16.2. The molecule has 0 spiro atoms. The second-order valence-corrected chi connectivity index (χ2v) is 8.11. The Morgan fingerprint density at radius 1 is 1.27 bits per heavy atom. The van der Waals surface area contributed by atoms with Gasteiger partial charge < -0.3 is 10.7 Å². The molecule has 4 rings (SSSR count). The average molecular weight is 410 g/mol. The molecule has 3 aromatic rings. The van der Waals surface area contributed by atoms with Crippen LogP contribution in [-0.4, -0.2) is 49.4 Å². The van der Waals surface area contributed by atoms with Gasteiger partial charge in [-0.25, -0.2) is 9.78 Å². The normalized spacial score (nSPS) is 17.5. The van der Waals surface area contributed by atoms with Crippen molar-refractivity contribution in [2.45, 2.75) is 25.7 Å². The van der Waals surface area contributed by atoms with Gasteiger partial charge in [-0.05, 0) is 44.0 Å². The summed E-state index contributed by atoms with van der Waals surface area (Å²) < 4.78 is 2.04. The molecule has 30 heavy (non-hydrogen) atoms. The Morgan fingerprint density at radius 3 is 2.80 bits per heavy atom. The number of aromatic amines is 1. The molecule has 0 saturated carbocycles. The number of hydrogen-bond donors (Lipinski definition) is 2. The number of fused-ring (bicyclic) bond motifs is 1. The number of aryl methyl sites for hydroxylation is 1. The largest absolute Gasteiger partial charge is 0.384 e. The number of benzene rings is 1. The first-order valence-corrected chi connectivity index (χ1v) is 10.0. The molecule has 0 amide bonds. The van der Waals surface area contributed by atoms with E-state index in [1.807, 2.05) is 24.0 Å². The van der Waals surface area contributed by atoms with Gasteiger partial charge in [0.2, 0.25) is 0 Å². The maximum Gasteiger partial charge on any atom is 0.332 e. The summed E-state index contributed by atoms with van der Waals surface area (Å²) in [4.78, 5) is 47.6. The number of ketones is 1. The number of carbonyl (C=O) groups is 1. The summed E-state index contributed by atoms with van der Waals surface area (Å²) in [6.45, 7) is 3.54. The topological polar surface area (TPSA) is 119 Å². The number of aromatic nitrogens is 4. The van der Waals surface area contributed by atoms with E-state index in [4.69, 9.17) is 10.7 Å². The number of anilines is 1. The number of nitrogens with two attached hydrogens (primary N) is 1. The monoisotopic (exact) mass is 410 g/mol. The molecule has 0 bridgehead atoms. The van der Waals surface area contributed by atoms with Gasteiger partial charge in [0.1, 0.15) is 17.2 Å². The summed E-state index contributed by atoms with van der Waals surface area (Å²) in [5, 5.41) is 0. The summed E-state index contributed by atoms with van der Waals surface area (Å²) in [5.41, 5.74) is 7.72. The van der Waals surface area contributed by atoms with Crippen LogP contribution in [-0.2, 0) is 14.1 Å². The van der Waals surface area contributed by atoms with Gasteiger partial charge in [0, 0.05) is 26.6 Å². The lowest BCUT2D eigenvalue weighted by atomic mass is 9.97. The van der Waals surface area contributed by atoms with E-state index in [9.17, 15) is 14.4 Å². The molecule has 1 aliphatic rings. The summed E-state index contributed by atoms with van der Waals surface area (Å²) in [6, 6.07) is 6.12. The van der Waals surface area contributed by atoms with Gasteiger partial charge in [0.05, 0.1) is 17.6 Å². The van der Waals surface area contributed by atoms with E-state index in [2.05, 4.69) is 11.1 Å². The van der Waals surface area contributed by atoms with E-state index >= 15 is 0 Å². The predicted molar refractivity (Wildman–Crippen MR) is 115 cm³/mol. The minimum absolute atomic E-state index is 0.0769. The first-order chi connectivity index (χ1) is 14.3. The molecule has 1 atom stereocenters. The summed E-state index contributed by atoms with van der Waals surface area (Å²) in [6.07, 6.45) is 1.90. The van der Waals surface area contributed by atoms with Crippen molar-refractivity contribution in [1.29, 1.82) is 0 Å². The third-order valence-corrected chi connectivity index (χ3v) is 5.90. The van der Waals surface area contributed by atoms with Crippen LogP contribution in [0.3, 0.4) is 0 Å².